The topological polar surface area (TPSA) is 54.0 Å². The molecule has 1 aromatic heterocycles. The van der Waals surface area contributed by atoms with E-state index in [9.17, 15) is 4.79 Å². The number of aryl methyl sites for hydroxylation is 2. The Morgan fingerprint density at radius 3 is 2.86 bits per heavy atom. The first-order valence-electron chi connectivity index (χ1n) is 7.21. The van der Waals surface area contributed by atoms with Gasteiger partial charge in [0.1, 0.15) is 0 Å². The number of carbonyl (C=O) groups is 1. The summed E-state index contributed by atoms with van der Waals surface area (Å²) < 4.78 is 0. The van der Waals surface area contributed by atoms with Crippen molar-refractivity contribution in [1.82, 2.24) is 10.3 Å². The molecule has 6 heteroatoms. The summed E-state index contributed by atoms with van der Waals surface area (Å²) in [5.41, 5.74) is 4.53. The molecule has 3 rings (SSSR count). The van der Waals surface area contributed by atoms with Crippen molar-refractivity contribution in [3.63, 3.8) is 0 Å². The predicted octanol–water partition coefficient (Wildman–Crippen LogP) is 3.54. The average molecular weight is 338 g/mol. The smallest absolute Gasteiger partial charge is 0.243 e. The quantitative estimate of drug-likeness (QED) is 0.900. The monoisotopic (exact) mass is 337 g/mol. The Kier molecular flexibility index (Phi) is 5.56. The number of nitrogens with one attached hydrogen (secondary N) is 2. The zero-order valence-electron chi connectivity index (χ0n) is 12.7. The highest BCUT2D eigenvalue weighted by Crippen LogP contribution is 2.26. The molecule has 1 saturated heterocycles. The SMILES string of the molecule is Cc1ccc(-c2csc(NC(=O)C3CCCN3)n2)cc1C.Cl. The van der Waals surface area contributed by atoms with Gasteiger partial charge in [-0.3, -0.25) is 4.79 Å². The maximum Gasteiger partial charge on any atom is 0.243 e. The molecule has 0 aliphatic carbocycles. The van der Waals surface area contributed by atoms with Gasteiger partial charge < -0.3 is 10.6 Å². The number of carbonyl (C=O) groups excluding carboxylic acids is 1. The molecular formula is C16H20ClN3OS. The van der Waals surface area contributed by atoms with Crippen LogP contribution in [0, 0.1) is 13.8 Å². The summed E-state index contributed by atoms with van der Waals surface area (Å²) in [6, 6.07) is 6.24. The van der Waals surface area contributed by atoms with E-state index >= 15 is 0 Å². The van der Waals surface area contributed by atoms with E-state index in [1.807, 2.05) is 5.38 Å². The van der Waals surface area contributed by atoms with E-state index in [4.69, 9.17) is 0 Å². The molecule has 2 heterocycles. The molecule has 1 fully saturated rings. The Bertz CT molecular complexity index is 665. The van der Waals surface area contributed by atoms with Crippen molar-refractivity contribution < 1.29 is 4.79 Å². The predicted molar refractivity (Wildman–Crippen MR) is 93.9 cm³/mol. The maximum absolute atomic E-state index is 12.1. The van der Waals surface area contributed by atoms with Crippen LogP contribution in [0.4, 0.5) is 5.13 Å². The van der Waals surface area contributed by atoms with Gasteiger partial charge >= 0.3 is 0 Å². The fraction of sp³-hybridized carbons (Fsp3) is 0.375. The van der Waals surface area contributed by atoms with Crippen LogP contribution in [0.5, 0.6) is 0 Å². The number of rotatable bonds is 3. The van der Waals surface area contributed by atoms with Gasteiger partial charge in [0.25, 0.3) is 0 Å². The second kappa shape index (κ2) is 7.22. The number of aromatic nitrogens is 1. The van der Waals surface area contributed by atoms with Crippen molar-refractivity contribution in [1.29, 1.82) is 0 Å². The second-order valence-electron chi connectivity index (χ2n) is 5.48. The van der Waals surface area contributed by atoms with Gasteiger partial charge in [0.05, 0.1) is 11.7 Å². The lowest BCUT2D eigenvalue weighted by Gasteiger charge is -2.08. The van der Waals surface area contributed by atoms with E-state index in [2.05, 4.69) is 47.7 Å². The van der Waals surface area contributed by atoms with Crippen LogP contribution in [0.15, 0.2) is 23.6 Å². The Balaban J connectivity index is 0.00000176. The zero-order valence-corrected chi connectivity index (χ0v) is 14.3. The Morgan fingerprint density at radius 1 is 1.36 bits per heavy atom. The van der Waals surface area contributed by atoms with Crippen molar-refractivity contribution in [2.75, 3.05) is 11.9 Å². The minimum atomic E-state index is -0.0704. The van der Waals surface area contributed by atoms with E-state index in [1.54, 1.807) is 0 Å². The molecule has 1 atom stereocenters. The summed E-state index contributed by atoms with van der Waals surface area (Å²) in [7, 11) is 0. The van der Waals surface area contributed by atoms with Crippen molar-refractivity contribution in [2.45, 2.75) is 32.7 Å². The highest BCUT2D eigenvalue weighted by atomic mass is 35.5. The van der Waals surface area contributed by atoms with Crippen LogP contribution in [0.2, 0.25) is 0 Å². The molecule has 118 valence electrons. The molecule has 1 amide bonds. The third-order valence-corrected chi connectivity index (χ3v) is 4.67. The molecule has 0 bridgehead atoms. The number of hydrogen-bond acceptors (Lipinski definition) is 4. The third kappa shape index (κ3) is 3.66. The van der Waals surface area contributed by atoms with Crippen molar-refractivity contribution in [2.24, 2.45) is 0 Å². The average Bonchev–Trinajstić information content (AvgIpc) is 3.12. The molecule has 22 heavy (non-hydrogen) atoms. The molecule has 4 nitrogen and oxygen atoms in total. The van der Waals surface area contributed by atoms with E-state index < -0.39 is 0 Å². The van der Waals surface area contributed by atoms with Gasteiger partial charge in [-0.25, -0.2) is 4.98 Å². The van der Waals surface area contributed by atoms with Gasteiger partial charge in [-0.2, -0.15) is 0 Å². The van der Waals surface area contributed by atoms with Crippen LogP contribution in [0.3, 0.4) is 0 Å². The Hall–Kier alpha value is -1.43. The lowest BCUT2D eigenvalue weighted by molar-refractivity contribution is -0.117. The number of hydrogen-bond donors (Lipinski definition) is 2. The van der Waals surface area contributed by atoms with Crippen LogP contribution in [0.25, 0.3) is 11.3 Å². The summed E-state index contributed by atoms with van der Waals surface area (Å²) >= 11 is 1.47. The van der Waals surface area contributed by atoms with Crippen molar-refractivity contribution in [3.8, 4) is 11.3 Å². The van der Waals surface area contributed by atoms with Crippen LogP contribution >= 0.6 is 23.7 Å². The minimum absolute atomic E-state index is 0. The van der Waals surface area contributed by atoms with Gasteiger partial charge in [-0.15, -0.1) is 23.7 Å². The third-order valence-electron chi connectivity index (χ3n) is 3.91. The van der Waals surface area contributed by atoms with Crippen LogP contribution in [-0.4, -0.2) is 23.5 Å². The summed E-state index contributed by atoms with van der Waals surface area (Å²) in [6.07, 6.45) is 1.96. The first-order valence-corrected chi connectivity index (χ1v) is 8.09. The first-order chi connectivity index (χ1) is 10.1. The van der Waals surface area contributed by atoms with Gasteiger partial charge in [0.15, 0.2) is 5.13 Å². The largest absolute Gasteiger partial charge is 0.306 e. The maximum atomic E-state index is 12.1. The molecule has 1 aliphatic rings. The molecule has 1 aliphatic heterocycles. The molecule has 2 aromatic rings. The highest BCUT2D eigenvalue weighted by molar-refractivity contribution is 7.14. The Morgan fingerprint density at radius 2 is 2.18 bits per heavy atom. The number of nitrogens with zero attached hydrogens (tertiary/aromatic N) is 1. The number of amides is 1. The minimum Gasteiger partial charge on any atom is -0.306 e. The molecular weight excluding hydrogens is 318 g/mol. The van der Waals surface area contributed by atoms with Crippen molar-refractivity contribution in [3.05, 3.63) is 34.7 Å². The van der Waals surface area contributed by atoms with Gasteiger partial charge in [0.2, 0.25) is 5.91 Å². The molecule has 1 unspecified atom stereocenters. The summed E-state index contributed by atoms with van der Waals surface area (Å²) in [4.78, 5) is 16.6. The number of anilines is 1. The number of halogens is 1. The van der Waals surface area contributed by atoms with E-state index in [-0.39, 0.29) is 24.4 Å². The van der Waals surface area contributed by atoms with E-state index in [0.717, 1.165) is 30.6 Å². The fourth-order valence-electron chi connectivity index (χ4n) is 2.47. The molecule has 2 N–H and O–H groups in total. The summed E-state index contributed by atoms with van der Waals surface area (Å²) in [5.74, 6) is 0.0217. The standard InChI is InChI=1S/C16H19N3OS.ClH/c1-10-5-6-12(8-11(10)2)14-9-21-16(18-14)19-15(20)13-4-3-7-17-13;/h5-6,8-9,13,17H,3-4,7H2,1-2H3,(H,18,19,20);1H. The molecule has 0 saturated carbocycles. The lowest BCUT2D eigenvalue weighted by Crippen LogP contribution is -2.35. The van der Waals surface area contributed by atoms with Gasteiger partial charge in [-0.1, -0.05) is 12.1 Å². The van der Waals surface area contributed by atoms with E-state index in [0.29, 0.717) is 5.13 Å². The molecule has 0 spiro atoms. The normalized spacial score (nSPS) is 17.1. The van der Waals surface area contributed by atoms with Crippen LogP contribution in [0.1, 0.15) is 24.0 Å². The van der Waals surface area contributed by atoms with E-state index in [1.165, 1.54) is 22.5 Å². The second-order valence-corrected chi connectivity index (χ2v) is 6.33. The Labute approximate surface area is 140 Å². The number of thiazole rings is 1. The van der Waals surface area contributed by atoms with Gasteiger partial charge in [-0.05, 0) is 50.4 Å². The molecule has 1 aromatic carbocycles. The van der Waals surface area contributed by atoms with Crippen LogP contribution in [-0.2, 0) is 4.79 Å². The number of benzene rings is 1. The first kappa shape index (κ1) is 16.9. The molecule has 0 radical (unpaired) electrons. The summed E-state index contributed by atoms with van der Waals surface area (Å²) in [5, 5.41) is 8.76. The van der Waals surface area contributed by atoms with Gasteiger partial charge in [0, 0.05) is 10.9 Å². The zero-order chi connectivity index (χ0) is 14.8. The lowest BCUT2D eigenvalue weighted by atomic mass is 10.1. The fourth-order valence-corrected chi connectivity index (χ4v) is 3.19. The van der Waals surface area contributed by atoms with Crippen molar-refractivity contribution >= 4 is 34.8 Å². The highest BCUT2D eigenvalue weighted by Gasteiger charge is 2.22. The van der Waals surface area contributed by atoms with Crippen LogP contribution < -0.4 is 10.6 Å². The summed E-state index contributed by atoms with van der Waals surface area (Å²) in [6.45, 7) is 5.11.